The summed E-state index contributed by atoms with van der Waals surface area (Å²) in [6, 6.07) is 10.5. The fraction of sp³-hybridized carbons (Fsp3) is 0.0625. The molecule has 0 aliphatic heterocycles. The number of halogens is 3. The van der Waals surface area contributed by atoms with Crippen molar-refractivity contribution < 1.29 is 4.79 Å². The number of hydrogen-bond acceptors (Lipinski definition) is 3. The lowest BCUT2D eigenvalue weighted by molar-refractivity contribution is 0.102. The maximum absolute atomic E-state index is 12.5. The van der Waals surface area contributed by atoms with E-state index in [1.807, 2.05) is 13.0 Å². The molecule has 0 fully saturated rings. The van der Waals surface area contributed by atoms with Gasteiger partial charge < -0.3 is 5.32 Å². The van der Waals surface area contributed by atoms with Gasteiger partial charge in [-0.15, -0.1) is 0 Å². The van der Waals surface area contributed by atoms with E-state index in [0.29, 0.717) is 37.4 Å². The van der Waals surface area contributed by atoms with Crippen molar-refractivity contribution >= 4 is 50.9 Å². The Morgan fingerprint density at radius 1 is 1.25 bits per heavy atom. The van der Waals surface area contributed by atoms with Gasteiger partial charge in [-0.3, -0.25) is 4.79 Å². The second kappa shape index (κ2) is 6.93. The lowest BCUT2D eigenvalue weighted by Gasteiger charge is -2.10. The molecule has 0 bridgehead atoms. The maximum Gasteiger partial charge on any atom is 0.257 e. The zero-order valence-electron chi connectivity index (χ0n) is 12.4. The highest BCUT2D eigenvalue weighted by Gasteiger charge is 2.16. The van der Waals surface area contributed by atoms with Crippen molar-refractivity contribution in [2.45, 2.75) is 6.92 Å². The molecule has 1 amide bonds. The summed E-state index contributed by atoms with van der Waals surface area (Å²) in [6.45, 7) is 1.81. The van der Waals surface area contributed by atoms with E-state index in [-0.39, 0.29) is 5.91 Å². The molecule has 3 aromatic rings. The Morgan fingerprint density at radius 2 is 2.00 bits per heavy atom. The highest BCUT2D eigenvalue weighted by atomic mass is 79.9. The maximum atomic E-state index is 12.5. The number of amides is 1. The van der Waals surface area contributed by atoms with Crippen LogP contribution in [0.2, 0.25) is 10.0 Å². The van der Waals surface area contributed by atoms with Crippen LogP contribution in [0.25, 0.3) is 5.82 Å². The fourth-order valence-corrected chi connectivity index (χ4v) is 3.07. The number of aryl methyl sites for hydroxylation is 1. The Balaban J connectivity index is 1.98. The largest absolute Gasteiger partial charge is 0.306 e. The van der Waals surface area contributed by atoms with Crippen molar-refractivity contribution in [2.24, 2.45) is 0 Å². The molecular weight excluding hydrogens is 415 g/mol. The summed E-state index contributed by atoms with van der Waals surface area (Å²) in [7, 11) is 0. The van der Waals surface area contributed by atoms with Gasteiger partial charge in [-0.25, -0.2) is 4.98 Å². The number of carbonyl (C=O) groups excluding carboxylic acids is 1. The third-order valence-corrected chi connectivity index (χ3v) is 4.36. The van der Waals surface area contributed by atoms with Crippen LogP contribution in [0, 0.1) is 6.92 Å². The summed E-state index contributed by atoms with van der Waals surface area (Å²) in [5, 5.41) is 7.93. The van der Waals surface area contributed by atoms with E-state index in [9.17, 15) is 4.79 Å². The number of nitrogens with zero attached hydrogens (tertiary/aromatic N) is 3. The molecule has 1 N–H and O–H groups in total. The highest BCUT2D eigenvalue weighted by Crippen LogP contribution is 2.25. The summed E-state index contributed by atoms with van der Waals surface area (Å²) in [4.78, 5) is 16.7. The van der Waals surface area contributed by atoms with Crippen molar-refractivity contribution in [3.05, 3.63) is 68.4 Å². The van der Waals surface area contributed by atoms with Gasteiger partial charge in [0.2, 0.25) is 0 Å². The summed E-state index contributed by atoms with van der Waals surface area (Å²) >= 11 is 15.4. The summed E-state index contributed by atoms with van der Waals surface area (Å²) in [5.41, 5.74) is 1.23. The smallest absolute Gasteiger partial charge is 0.257 e. The van der Waals surface area contributed by atoms with Crippen LogP contribution in [0.3, 0.4) is 0 Å². The minimum atomic E-state index is -0.270. The van der Waals surface area contributed by atoms with Gasteiger partial charge in [-0.1, -0.05) is 35.3 Å². The van der Waals surface area contributed by atoms with Crippen LogP contribution in [0.4, 0.5) is 5.82 Å². The lowest BCUT2D eigenvalue weighted by atomic mass is 10.2. The molecule has 0 saturated heterocycles. The predicted octanol–water partition coefficient (Wildman–Crippen LogP) is 4.90. The standard InChI is InChI=1S/C16H11BrCl2N4O/c1-9-6-14(21-16(24)11-4-2-3-5-12(11)17)23(22-9)15-13(19)7-10(18)8-20-15/h2-8H,1H3,(H,21,24). The summed E-state index contributed by atoms with van der Waals surface area (Å²) < 4.78 is 2.18. The minimum Gasteiger partial charge on any atom is -0.306 e. The first-order chi connectivity index (χ1) is 11.5. The Kier molecular flexibility index (Phi) is 4.89. The quantitative estimate of drug-likeness (QED) is 0.649. The van der Waals surface area contributed by atoms with Crippen LogP contribution >= 0.6 is 39.1 Å². The minimum absolute atomic E-state index is 0.270. The van der Waals surface area contributed by atoms with Gasteiger partial charge in [0.25, 0.3) is 5.91 Å². The van der Waals surface area contributed by atoms with Gasteiger partial charge in [0, 0.05) is 16.7 Å². The van der Waals surface area contributed by atoms with E-state index in [1.165, 1.54) is 10.9 Å². The number of anilines is 1. The number of nitrogens with one attached hydrogen (secondary N) is 1. The molecule has 24 heavy (non-hydrogen) atoms. The van der Waals surface area contributed by atoms with Gasteiger partial charge in [-0.2, -0.15) is 9.78 Å². The topological polar surface area (TPSA) is 59.8 Å². The fourth-order valence-electron chi connectivity index (χ4n) is 2.14. The predicted molar refractivity (Wildman–Crippen MR) is 98.2 cm³/mol. The Morgan fingerprint density at radius 3 is 2.71 bits per heavy atom. The van der Waals surface area contributed by atoms with Crippen LogP contribution < -0.4 is 5.32 Å². The molecule has 0 saturated carbocycles. The Labute approximate surface area is 156 Å². The second-order valence-corrected chi connectivity index (χ2v) is 6.67. The Hall–Kier alpha value is -1.89. The molecule has 0 atom stereocenters. The van der Waals surface area contributed by atoms with E-state index in [2.05, 4.69) is 31.3 Å². The number of pyridine rings is 1. The zero-order chi connectivity index (χ0) is 17.3. The normalized spacial score (nSPS) is 10.7. The zero-order valence-corrected chi connectivity index (χ0v) is 15.5. The van der Waals surface area contributed by atoms with Crippen molar-refractivity contribution in [3.63, 3.8) is 0 Å². The van der Waals surface area contributed by atoms with E-state index in [4.69, 9.17) is 23.2 Å². The van der Waals surface area contributed by atoms with E-state index >= 15 is 0 Å². The molecule has 122 valence electrons. The molecule has 0 unspecified atom stereocenters. The summed E-state index contributed by atoms with van der Waals surface area (Å²) in [6.07, 6.45) is 1.47. The molecule has 5 nitrogen and oxygen atoms in total. The molecule has 0 aliphatic rings. The van der Waals surface area contributed by atoms with Crippen LogP contribution in [0.5, 0.6) is 0 Å². The number of carbonyl (C=O) groups is 1. The molecule has 3 rings (SSSR count). The molecule has 0 radical (unpaired) electrons. The molecule has 0 spiro atoms. The molecule has 1 aromatic carbocycles. The molecule has 8 heteroatoms. The third kappa shape index (κ3) is 3.45. The Bertz CT molecular complexity index is 926. The van der Waals surface area contributed by atoms with Crippen LogP contribution in [-0.2, 0) is 0 Å². The SMILES string of the molecule is Cc1cc(NC(=O)c2ccccc2Br)n(-c2ncc(Cl)cc2Cl)n1. The first-order valence-corrected chi connectivity index (χ1v) is 8.44. The van der Waals surface area contributed by atoms with Gasteiger partial charge in [0.05, 0.1) is 21.3 Å². The summed E-state index contributed by atoms with van der Waals surface area (Å²) in [5.74, 6) is 0.579. The third-order valence-electron chi connectivity index (χ3n) is 3.18. The van der Waals surface area contributed by atoms with Gasteiger partial charge in [0.15, 0.2) is 5.82 Å². The molecule has 2 aromatic heterocycles. The average Bonchev–Trinajstić information content (AvgIpc) is 2.88. The van der Waals surface area contributed by atoms with Crippen molar-refractivity contribution in [2.75, 3.05) is 5.32 Å². The van der Waals surface area contributed by atoms with E-state index < -0.39 is 0 Å². The number of benzene rings is 1. The van der Waals surface area contributed by atoms with Crippen LogP contribution in [0.15, 0.2) is 47.1 Å². The highest BCUT2D eigenvalue weighted by molar-refractivity contribution is 9.10. The van der Waals surface area contributed by atoms with Crippen LogP contribution in [0.1, 0.15) is 16.1 Å². The molecule has 0 aliphatic carbocycles. The number of rotatable bonds is 3. The van der Waals surface area contributed by atoms with Crippen LogP contribution in [-0.4, -0.2) is 20.7 Å². The molecular formula is C16H11BrCl2N4O. The molecule has 2 heterocycles. The number of aromatic nitrogens is 3. The second-order valence-electron chi connectivity index (χ2n) is 4.98. The number of hydrogen-bond donors (Lipinski definition) is 1. The average molecular weight is 426 g/mol. The van der Waals surface area contributed by atoms with Crippen molar-refractivity contribution in [3.8, 4) is 5.82 Å². The monoisotopic (exact) mass is 424 g/mol. The van der Waals surface area contributed by atoms with Gasteiger partial charge in [-0.05, 0) is 41.1 Å². The first-order valence-electron chi connectivity index (χ1n) is 6.89. The van der Waals surface area contributed by atoms with Crippen molar-refractivity contribution in [1.82, 2.24) is 14.8 Å². The van der Waals surface area contributed by atoms with Gasteiger partial charge in [0.1, 0.15) is 5.82 Å². The first kappa shape index (κ1) is 17.0. The van der Waals surface area contributed by atoms with E-state index in [0.717, 1.165) is 0 Å². The van der Waals surface area contributed by atoms with Crippen molar-refractivity contribution in [1.29, 1.82) is 0 Å². The van der Waals surface area contributed by atoms with E-state index in [1.54, 1.807) is 30.3 Å². The lowest BCUT2D eigenvalue weighted by Crippen LogP contribution is -2.16. The van der Waals surface area contributed by atoms with Gasteiger partial charge >= 0.3 is 0 Å².